The largest absolute Gasteiger partial charge is 0.337 e. The quantitative estimate of drug-likeness (QED) is 0.478. The number of rotatable bonds is 5. The molecule has 4 heterocycles. The third-order valence-electron chi connectivity index (χ3n) is 5.17. The van der Waals surface area contributed by atoms with E-state index in [1.54, 1.807) is 47.7 Å². The van der Waals surface area contributed by atoms with Gasteiger partial charge in [-0.25, -0.2) is 4.98 Å². The van der Waals surface area contributed by atoms with Crippen LogP contribution in [0.2, 0.25) is 0 Å². The topological polar surface area (TPSA) is 92.3 Å². The van der Waals surface area contributed by atoms with E-state index in [9.17, 15) is 13.2 Å². The van der Waals surface area contributed by atoms with Gasteiger partial charge in [-0.1, -0.05) is 12.1 Å². The average molecular weight is 463 g/mol. The van der Waals surface area contributed by atoms with E-state index >= 15 is 0 Å². The minimum absolute atomic E-state index is 0.0504. The van der Waals surface area contributed by atoms with Crippen molar-refractivity contribution in [3.8, 4) is 20.9 Å². The van der Waals surface area contributed by atoms with Crippen molar-refractivity contribution in [2.75, 3.05) is 11.8 Å². The van der Waals surface area contributed by atoms with Gasteiger partial charge in [0.1, 0.15) is 0 Å². The average Bonchev–Trinajstić information content (AvgIpc) is 3.39. The molecule has 4 aromatic rings. The normalized spacial score (nSPS) is 13.3. The number of anilines is 1. The van der Waals surface area contributed by atoms with Gasteiger partial charge in [-0.3, -0.25) is 14.5 Å². The summed E-state index contributed by atoms with van der Waals surface area (Å²) in [6, 6.07) is 16.4. The number of hydrogen-bond acceptors (Lipinski definition) is 6. The van der Waals surface area contributed by atoms with Crippen LogP contribution in [0.1, 0.15) is 15.9 Å². The smallest absolute Gasteiger partial charge is 0.279 e. The highest BCUT2D eigenvalue weighted by Gasteiger charge is 2.24. The molecule has 7 nitrogen and oxygen atoms in total. The lowest BCUT2D eigenvalue weighted by Crippen LogP contribution is -2.17. The fourth-order valence-corrected chi connectivity index (χ4v) is 5.58. The second kappa shape index (κ2) is 7.85. The Morgan fingerprint density at radius 3 is 2.59 bits per heavy atom. The zero-order chi connectivity index (χ0) is 22.3. The van der Waals surface area contributed by atoms with Gasteiger partial charge in [0.2, 0.25) is 0 Å². The molecular formula is C23H18N4O3S2. The van der Waals surface area contributed by atoms with Crippen LogP contribution in [0, 0.1) is 0 Å². The van der Waals surface area contributed by atoms with Gasteiger partial charge in [-0.15, -0.1) is 11.3 Å². The van der Waals surface area contributed by atoms with Crippen molar-refractivity contribution in [3.05, 3.63) is 84.3 Å². The number of sulfonamides is 1. The fourth-order valence-electron chi connectivity index (χ4n) is 3.61. The molecule has 1 amide bonds. The first-order valence-electron chi connectivity index (χ1n) is 9.78. The van der Waals surface area contributed by atoms with Crippen LogP contribution in [0.15, 0.2) is 78.2 Å². The van der Waals surface area contributed by atoms with Crippen molar-refractivity contribution in [2.24, 2.45) is 0 Å². The summed E-state index contributed by atoms with van der Waals surface area (Å²) in [5.41, 5.74) is 3.99. The minimum atomic E-state index is -3.79. The summed E-state index contributed by atoms with van der Waals surface area (Å²) in [7, 11) is -2.00. The Kier molecular flexibility index (Phi) is 4.99. The number of carbonyl (C=O) groups is 1. The molecule has 0 atom stereocenters. The Bertz CT molecular complexity index is 1430. The Labute approximate surface area is 189 Å². The molecule has 0 unspecified atom stereocenters. The van der Waals surface area contributed by atoms with Crippen LogP contribution in [0.3, 0.4) is 0 Å². The van der Waals surface area contributed by atoms with Gasteiger partial charge >= 0.3 is 0 Å². The number of nitrogens with one attached hydrogen (secondary N) is 1. The lowest BCUT2D eigenvalue weighted by Gasteiger charge is -2.08. The maximum Gasteiger partial charge on any atom is 0.279 e. The predicted molar refractivity (Wildman–Crippen MR) is 124 cm³/mol. The molecule has 0 bridgehead atoms. The van der Waals surface area contributed by atoms with Gasteiger partial charge in [0.05, 0.1) is 11.9 Å². The molecule has 0 fully saturated rings. The Morgan fingerprint density at radius 1 is 1.00 bits per heavy atom. The highest BCUT2D eigenvalue weighted by atomic mass is 32.2. The molecule has 0 aliphatic carbocycles. The molecule has 0 saturated heterocycles. The summed E-state index contributed by atoms with van der Waals surface area (Å²) in [5.74, 6) is 0.0504. The van der Waals surface area contributed by atoms with Crippen LogP contribution in [0.25, 0.3) is 20.9 Å². The molecule has 1 N–H and O–H groups in total. The summed E-state index contributed by atoms with van der Waals surface area (Å²) in [6.07, 6.45) is 4.60. The third kappa shape index (κ3) is 3.76. The molecule has 9 heteroatoms. The van der Waals surface area contributed by atoms with Crippen molar-refractivity contribution in [1.82, 2.24) is 14.9 Å². The van der Waals surface area contributed by atoms with E-state index in [2.05, 4.69) is 20.8 Å². The maximum atomic E-state index is 12.6. The van der Waals surface area contributed by atoms with E-state index in [1.165, 1.54) is 18.5 Å². The summed E-state index contributed by atoms with van der Waals surface area (Å²) in [4.78, 5) is 24.0. The SMILES string of the molecule is CN1Cc2cc(-c3ccc(-c4cncc(NS(=O)(=O)c5ccccn5)c4)s3)ccc2C1=O. The van der Waals surface area contributed by atoms with Crippen LogP contribution in [-0.2, 0) is 16.6 Å². The molecule has 0 spiro atoms. The lowest BCUT2D eigenvalue weighted by molar-refractivity contribution is 0.0816. The molecule has 32 heavy (non-hydrogen) atoms. The van der Waals surface area contributed by atoms with Gasteiger partial charge in [0.25, 0.3) is 15.9 Å². The minimum Gasteiger partial charge on any atom is -0.337 e. The number of aromatic nitrogens is 2. The molecule has 1 aliphatic rings. The summed E-state index contributed by atoms with van der Waals surface area (Å²) in [6.45, 7) is 0.614. The molecular weight excluding hydrogens is 444 g/mol. The molecule has 1 aromatic carbocycles. The number of benzene rings is 1. The van der Waals surface area contributed by atoms with Crippen LogP contribution in [-0.4, -0.2) is 36.2 Å². The standard InChI is InChI=1S/C23H18N4O3S2/c1-27-14-17-10-15(5-6-19(17)23(27)28)20-7-8-21(31-20)16-11-18(13-24-12-16)26-32(29,30)22-4-2-3-9-25-22/h2-13,26H,14H2,1H3. The molecule has 0 saturated carbocycles. The van der Waals surface area contributed by atoms with E-state index in [-0.39, 0.29) is 10.9 Å². The zero-order valence-electron chi connectivity index (χ0n) is 17.0. The highest BCUT2D eigenvalue weighted by Crippen LogP contribution is 2.36. The van der Waals surface area contributed by atoms with Gasteiger partial charge in [-0.05, 0) is 53.6 Å². The molecule has 0 radical (unpaired) electrons. The number of fused-ring (bicyclic) bond motifs is 1. The first kappa shape index (κ1) is 20.3. The Balaban J connectivity index is 1.41. The monoisotopic (exact) mass is 462 g/mol. The van der Waals surface area contributed by atoms with Crippen molar-refractivity contribution >= 4 is 33.0 Å². The number of nitrogens with zero attached hydrogens (tertiary/aromatic N) is 3. The van der Waals surface area contributed by atoms with Gasteiger partial charge in [0.15, 0.2) is 5.03 Å². The predicted octanol–water partition coefficient (Wildman–Crippen LogP) is 4.26. The van der Waals surface area contributed by atoms with Crippen molar-refractivity contribution in [2.45, 2.75) is 11.6 Å². The number of thiophene rings is 1. The Hall–Kier alpha value is -3.56. The van der Waals surface area contributed by atoms with Gasteiger partial charge < -0.3 is 4.90 Å². The zero-order valence-corrected chi connectivity index (χ0v) is 18.7. The van der Waals surface area contributed by atoms with E-state index < -0.39 is 10.0 Å². The molecule has 1 aliphatic heterocycles. The lowest BCUT2D eigenvalue weighted by atomic mass is 10.1. The first-order valence-corrected chi connectivity index (χ1v) is 12.1. The van der Waals surface area contributed by atoms with E-state index in [0.717, 1.165) is 32.0 Å². The van der Waals surface area contributed by atoms with E-state index in [1.807, 2.05) is 24.3 Å². The first-order chi connectivity index (χ1) is 15.4. The summed E-state index contributed by atoms with van der Waals surface area (Å²) in [5, 5.41) is -0.0513. The van der Waals surface area contributed by atoms with Crippen LogP contribution in [0.4, 0.5) is 5.69 Å². The number of amides is 1. The van der Waals surface area contributed by atoms with Crippen molar-refractivity contribution in [1.29, 1.82) is 0 Å². The second-order valence-electron chi connectivity index (χ2n) is 7.43. The van der Waals surface area contributed by atoms with Gasteiger partial charge in [-0.2, -0.15) is 8.42 Å². The third-order valence-corrected chi connectivity index (χ3v) is 7.65. The van der Waals surface area contributed by atoms with E-state index in [0.29, 0.717) is 12.2 Å². The molecule has 5 rings (SSSR count). The summed E-state index contributed by atoms with van der Waals surface area (Å²) >= 11 is 1.58. The fraction of sp³-hybridized carbons (Fsp3) is 0.0870. The number of carbonyl (C=O) groups excluding carboxylic acids is 1. The van der Waals surface area contributed by atoms with Crippen molar-refractivity contribution in [3.63, 3.8) is 0 Å². The van der Waals surface area contributed by atoms with Crippen LogP contribution < -0.4 is 4.72 Å². The van der Waals surface area contributed by atoms with E-state index in [4.69, 9.17) is 0 Å². The second-order valence-corrected chi connectivity index (χ2v) is 10.1. The Morgan fingerprint density at radius 2 is 1.81 bits per heavy atom. The summed E-state index contributed by atoms with van der Waals surface area (Å²) < 4.78 is 27.6. The molecule has 160 valence electrons. The number of hydrogen-bond donors (Lipinski definition) is 1. The van der Waals surface area contributed by atoms with Crippen LogP contribution in [0.5, 0.6) is 0 Å². The maximum absolute atomic E-state index is 12.6. The van der Waals surface area contributed by atoms with Crippen LogP contribution >= 0.6 is 11.3 Å². The van der Waals surface area contributed by atoms with Crippen molar-refractivity contribution < 1.29 is 13.2 Å². The van der Waals surface area contributed by atoms with Gasteiger partial charge in [0, 0.05) is 46.9 Å². The highest BCUT2D eigenvalue weighted by molar-refractivity contribution is 7.92. The molecule has 3 aromatic heterocycles. The number of pyridine rings is 2.